The molecule has 0 atom stereocenters. The van der Waals surface area contributed by atoms with Crippen LogP contribution in [0, 0.1) is 11.6 Å². The van der Waals surface area contributed by atoms with Gasteiger partial charge in [0.15, 0.2) is 29.4 Å². The highest BCUT2D eigenvalue weighted by Gasteiger charge is 2.23. The zero-order valence-electron chi connectivity index (χ0n) is 12.8. The Kier molecular flexibility index (Phi) is 4.03. The monoisotopic (exact) mass is 368 g/mol. The van der Waals surface area contributed by atoms with Crippen LogP contribution in [0.5, 0.6) is 11.5 Å². The first-order valence-corrected chi connectivity index (χ1v) is 8.54. The third-order valence-corrected chi connectivity index (χ3v) is 5.44. The molecule has 25 heavy (non-hydrogen) atoms. The van der Waals surface area contributed by atoms with Crippen LogP contribution < -0.4 is 9.47 Å². The van der Waals surface area contributed by atoms with Crippen molar-refractivity contribution in [1.82, 2.24) is 0 Å². The summed E-state index contributed by atoms with van der Waals surface area (Å²) in [6.07, 6.45) is 0.998. The molecule has 7 heteroatoms. The van der Waals surface area contributed by atoms with E-state index in [1.807, 2.05) is 0 Å². The van der Waals surface area contributed by atoms with E-state index in [9.17, 15) is 17.6 Å². The average molecular weight is 368 g/mol. The zero-order valence-corrected chi connectivity index (χ0v) is 13.6. The van der Waals surface area contributed by atoms with E-state index in [-0.39, 0.29) is 33.3 Å². The first-order valence-electron chi connectivity index (χ1n) is 7.72. The lowest BCUT2D eigenvalue weighted by Gasteiger charge is -2.26. The first kappa shape index (κ1) is 16.2. The van der Waals surface area contributed by atoms with Crippen molar-refractivity contribution in [3.8, 4) is 11.5 Å². The molecule has 0 saturated heterocycles. The van der Waals surface area contributed by atoms with Gasteiger partial charge in [-0.15, -0.1) is 11.3 Å². The molecule has 1 aliphatic carbocycles. The molecule has 1 saturated carbocycles. The van der Waals surface area contributed by atoms with E-state index in [1.54, 1.807) is 12.1 Å². The Morgan fingerprint density at radius 1 is 0.960 bits per heavy atom. The highest BCUT2D eigenvalue weighted by atomic mass is 32.1. The molecule has 0 N–H and O–H groups in total. The van der Waals surface area contributed by atoms with Crippen LogP contribution in [0.3, 0.4) is 0 Å². The molecule has 0 spiro atoms. The van der Waals surface area contributed by atoms with E-state index in [1.165, 1.54) is 12.1 Å². The molecule has 1 aromatic heterocycles. The van der Waals surface area contributed by atoms with Crippen LogP contribution in [0.2, 0.25) is 0 Å². The third-order valence-electron chi connectivity index (χ3n) is 4.24. The second-order valence-corrected chi connectivity index (χ2v) is 6.83. The van der Waals surface area contributed by atoms with Gasteiger partial charge in [0.05, 0.1) is 15.5 Å². The number of benzene rings is 2. The summed E-state index contributed by atoms with van der Waals surface area (Å²) in [6.45, 7) is 0. The number of hydrogen-bond acceptors (Lipinski definition) is 3. The molecular formula is C18H12F4O2S. The molecule has 130 valence electrons. The Labute approximate surface area is 144 Å². The second-order valence-electron chi connectivity index (χ2n) is 5.81. The summed E-state index contributed by atoms with van der Waals surface area (Å²) in [4.78, 5) is 0. The molecule has 0 amide bonds. The van der Waals surface area contributed by atoms with Gasteiger partial charge in [0.1, 0.15) is 0 Å². The lowest BCUT2D eigenvalue weighted by Crippen LogP contribution is -2.24. The minimum absolute atomic E-state index is 0.0282. The number of fused-ring (bicyclic) bond motifs is 3. The van der Waals surface area contributed by atoms with Gasteiger partial charge >= 0.3 is 6.08 Å². The fourth-order valence-corrected chi connectivity index (χ4v) is 3.92. The fourth-order valence-electron chi connectivity index (χ4n) is 2.76. The van der Waals surface area contributed by atoms with Gasteiger partial charge in [0.2, 0.25) is 0 Å². The van der Waals surface area contributed by atoms with Crippen molar-refractivity contribution < 1.29 is 27.0 Å². The highest BCUT2D eigenvalue weighted by Crippen LogP contribution is 2.42. The molecule has 0 radical (unpaired) electrons. The highest BCUT2D eigenvalue weighted by molar-refractivity contribution is 7.25. The summed E-state index contributed by atoms with van der Waals surface area (Å²) < 4.78 is 64.2. The van der Waals surface area contributed by atoms with Crippen molar-refractivity contribution in [2.24, 2.45) is 0 Å². The smallest absolute Gasteiger partial charge is 0.305 e. The first-order chi connectivity index (χ1) is 12.0. The topological polar surface area (TPSA) is 18.5 Å². The van der Waals surface area contributed by atoms with Gasteiger partial charge in [-0.1, -0.05) is 0 Å². The number of thiophene rings is 1. The summed E-state index contributed by atoms with van der Waals surface area (Å²) >= 11 is 0.912. The Balaban J connectivity index is 1.81. The number of halogens is 4. The molecule has 3 aromatic rings. The summed E-state index contributed by atoms with van der Waals surface area (Å²) in [5.74, 6) is -1.50. The van der Waals surface area contributed by atoms with Crippen molar-refractivity contribution in [1.29, 1.82) is 0 Å². The predicted octanol–water partition coefficient (Wildman–Crippen LogP) is 6.38. The Morgan fingerprint density at radius 3 is 2.12 bits per heavy atom. The van der Waals surface area contributed by atoms with Crippen LogP contribution in [0.4, 0.5) is 17.6 Å². The lowest BCUT2D eigenvalue weighted by atomic mass is 9.96. The van der Waals surface area contributed by atoms with Gasteiger partial charge in [-0.25, -0.2) is 8.78 Å². The SMILES string of the molecule is FC(F)=COc1ccc2c(sc3c(F)c(OC4CCC4)ccc32)c1F. The summed E-state index contributed by atoms with van der Waals surface area (Å²) in [7, 11) is 0. The van der Waals surface area contributed by atoms with E-state index >= 15 is 0 Å². The Bertz CT molecular complexity index is 988. The lowest BCUT2D eigenvalue weighted by molar-refractivity contribution is 0.115. The Morgan fingerprint density at radius 2 is 1.56 bits per heavy atom. The number of ether oxygens (including phenoxy) is 2. The molecule has 2 nitrogen and oxygen atoms in total. The number of hydrogen-bond donors (Lipinski definition) is 0. The predicted molar refractivity (Wildman–Crippen MR) is 88.4 cm³/mol. The minimum Gasteiger partial charge on any atom is -0.487 e. The van der Waals surface area contributed by atoms with E-state index in [0.717, 1.165) is 30.6 Å². The third kappa shape index (κ3) is 2.82. The van der Waals surface area contributed by atoms with E-state index in [4.69, 9.17) is 4.74 Å². The maximum Gasteiger partial charge on any atom is 0.305 e. The van der Waals surface area contributed by atoms with Crippen molar-refractivity contribution in [3.63, 3.8) is 0 Å². The van der Waals surface area contributed by atoms with Gasteiger partial charge in [0, 0.05) is 10.8 Å². The molecule has 0 unspecified atom stereocenters. The van der Waals surface area contributed by atoms with Gasteiger partial charge in [-0.2, -0.15) is 8.78 Å². The average Bonchev–Trinajstić information content (AvgIpc) is 2.92. The van der Waals surface area contributed by atoms with Crippen molar-refractivity contribution in [2.45, 2.75) is 25.4 Å². The largest absolute Gasteiger partial charge is 0.487 e. The van der Waals surface area contributed by atoms with Crippen LogP contribution in [-0.4, -0.2) is 6.10 Å². The van der Waals surface area contributed by atoms with Crippen LogP contribution in [0.15, 0.2) is 36.6 Å². The summed E-state index contributed by atoms with van der Waals surface area (Å²) in [5.41, 5.74) is 0. The van der Waals surface area contributed by atoms with Crippen molar-refractivity contribution >= 4 is 31.5 Å². The second kappa shape index (κ2) is 6.22. The van der Waals surface area contributed by atoms with Crippen molar-refractivity contribution in [3.05, 3.63) is 48.2 Å². The normalized spacial score (nSPS) is 14.6. The molecule has 1 heterocycles. The molecule has 0 aliphatic heterocycles. The molecular weight excluding hydrogens is 356 g/mol. The van der Waals surface area contributed by atoms with E-state index < -0.39 is 17.7 Å². The molecule has 1 aliphatic rings. The Hall–Kier alpha value is -2.28. The standard InChI is InChI=1S/C18H12F4O2S/c19-14(20)8-23-12-6-4-10-11-5-7-13(24-9-2-1-3-9)16(22)18(11)25-17(10)15(12)21/h4-9H,1-3H2. The quantitative estimate of drug-likeness (QED) is 0.393. The van der Waals surface area contributed by atoms with Gasteiger partial charge in [-0.3, -0.25) is 0 Å². The van der Waals surface area contributed by atoms with Crippen LogP contribution in [0.1, 0.15) is 19.3 Å². The van der Waals surface area contributed by atoms with E-state index in [0.29, 0.717) is 10.8 Å². The van der Waals surface area contributed by atoms with Crippen LogP contribution in [-0.2, 0) is 0 Å². The molecule has 2 aromatic carbocycles. The molecule has 0 bridgehead atoms. The fraction of sp³-hybridized carbons (Fsp3) is 0.222. The maximum atomic E-state index is 14.7. The van der Waals surface area contributed by atoms with Gasteiger partial charge in [0.25, 0.3) is 0 Å². The number of rotatable bonds is 4. The summed E-state index contributed by atoms with van der Waals surface area (Å²) in [6, 6.07) is 6.01. The van der Waals surface area contributed by atoms with Crippen LogP contribution in [0.25, 0.3) is 20.2 Å². The zero-order chi connectivity index (χ0) is 17.6. The van der Waals surface area contributed by atoms with E-state index in [2.05, 4.69) is 4.74 Å². The molecule has 1 fully saturated rings. The van der Waals surface area contributed by atoms with Gasteiger partial charge in [-0.05, 0) is 43.5 Å². The maximum absolute atomic E-state index is 14.7. The van der Waals surface area contributed by atoms with Crippen molar-refractivity contribution in [2.75, 3.05) is 0 Å². The minimum atomic E-state index is -2.07. The van der Waals surface area contributed by atoms with Crippen LogP contribution >= 0.6 is 11.3 Å². The molecule has 4 rings (SSSR count). The van der Waals surface area contributed by atoms with Gasteiger partial charge < -0.3 is 9.47 Å². The summed E-state index contributed by atoms with van der Waals surface area (Å²) in [5, 5.41) is 1.06.